The predicted molar refractivity (Wildman–Crippen MR) is 92.0 cm³/mol. The lowest BCUT2D eigenvalue weighted by Crippen LogP contribution is -2.51. The molecule has 2 aromatic rings. The van der Waals surface area contributed by atoms with Crippen LogP contribution in [0, 0.1) is 0 Å². The number of benzene rings is 1. The van der Waals surface area contributed by atoms with Crippen LogP contribution in [0.4, 0.5) is 0 Å². The number of piperazine rings is 1. The third-order valence-corrected chi connectivity index (χ3v) is 4.78. The fourth-order valence-electron chi connectivity index (χ4n) is 3.08. The van der Waals surface area contributed by atoms with Crippen LogP contribution in [0.5, 0.6) is 0 Å². The molecule has 1 aliphatic rings. The Morgan fingerprint density at radius 2 is 2.13 bits per heavy atom. The van der Waals surface area contributed by atoms with Crippen molar-refractivity contribution in [1.82, 2.24) is 19.6 Å². The first-order valence-electron chi connectivity index (χ1n) is 7.99. The molecule has 0 aliphatic carbocycles. The van der Waals surface area contributed by atoms with Crippen LogP contribution >= 0.6 is 11.6 Å². The van der Waals surface area contributed by atoms with Crippen molar-refractivity contribution in [3.63, 3.8) is 0 Å². The number of likely N-dealkylation sites (N-methyl/N-ethyl adjacent to an activating group) is 1. The molecule has 1 aromatic carbocycles. The van der Waals surface area contributed by atoms with Crippen LogP contribution in [0.1, 0.15) is 12.0 Å². The van der Waals surface area contributed by atoms with Gasteiger partial charge in [0.05, 0.1) is 16.9 Å². The van der Waals surface area contributed by atoms with Crippen molar-refractivity contribution in [3.8, 4) is 5.69 Å². The Morgan fingerprint density at radius 3 is 2.91 bits per heavy atom. The molecule has 5 nitrogen and oxygen atoms in total. The van der Waals surface area contributed by atoms with E-state index in [2.05, 4.69) is 21.9 Å². The minimum absolute atomic E-state index is 0.243. The van der Waals surface area contributed by atoms with Gasteiger partial charge >= 0.3 is 0 Å². The summed E-state index contributed by atoms with van der Waals surface area (Å²) in [6.45, 7) is 4.17. The van der Waals surface area contributed by atoms with Gasteiger partial charge in [0.1, 0.15) is 0 Å². The lowest BCUT2D eigenvalue weighted by atomic mass is 10.1. The van der Waals surface area contributed by atoms with Crippen LogP contribution < -0.4 is 0 Å². The standard InChI is InChI=1S/C17H23ClN4O/c1-20-7-8-21(13-15(20)6-9-23)11-14-10-19-22(12-14)17-5-3-2-4-16(17)18/h2-5,10,12,15,23H,6-9,11,13H2,1H3/t15-/m1/s1. The molecule has 124 valence electrons. The number of hydrogen-bond acceptors (Lipinski definition) is 4. The van der Waals surface area contributed by atoms with E-state index in [1.807, 2.05) is 41.3 Å². The molecule has 0 unspecified atom stereocenters. The monoisotopic (exact) mass is 334 g/mol. The maximum Gasteiger partial charge on any atom is 0.0831 e. The molecule has 0 amide bonds. The summed E-state index contributed by atoms with van der Waals surface area (Å²) < 4.78 is 1.83. The molecular weight excluding hydrogens is 312 g/mol. The number of nitrogens with zero attached hydrogens (tertiary/aromatic N) is 4. The number of rotatable bonds is 5. The first-order valence-corrected chi connectivity index (χ1v) is 8.37. The molecule has 23 heavy (non-hydrogen) atoms. The van der Waals surface area contributed by atoms with Gasteiger partial charge in [-0.15, -0.1) is 0 Å². The van der Waals surface area contributed by atoms with E-state index in [0.717, 1.165) is 38.3 Å². The summed E-state index contributed by atoms with van der Waals surface area (Å²) in [5.41, 5.74) is 2.08. The van der Waals surface area contributed by atoms with Crippen LogP contribution in [-0.4, -0.2) is 64.0 Å². The molecule has 6 heteroatoms. The molecule has 1 aromatic heterocycles. The van der Waals surface area contributed by atoms with Crippen LogP contribution in [0.15, 0.2) is 36.7 Å². The third-order valence-electron chi connectivity index (χ3n) is 4.47. The highest BCUT2D eigenvalue weighted by Crippen LogP contribution is 2.20. The van der Waals surface area contributed by atoms with E-state index in [1.165, 1.54) is 5.56 Å². The highest BCUT2D eigenvalue weighted by atomic mass is 35.5. The number of halogens is 1. The summed E-state index contributed by atoms with van der Waals surface area (Å²) in [5, 5.41) is 14.3. The van der Waals surface area contributed by atoms with Gasteiger partial charge < -0.3 is 10.0 Å². The number of para-hydroxylation sites is 1. The van der Waals surface area contributed by atoms with Gasteiger partial charge in [-0.05, 0) is 25.6 Å². The average molecular weight is 335 g/mol. The molecule has 3 rings (SSSR count). The minimum atomic E-state index is 0.243. The molecule has 1 fully saturated rings. The number of aliphatic hydroxyl groups excluding tert-OH is 1. The van der Waals surface area contributed by atoms with Gasteiger partial charge in [-0.3, -0.25) is 4.90 Å². The van der Waals surface area contributed by atoms with E-state index in [9.17, 15) is 5.11 Å². The van der Waals surface area contributed by atoms with Gasteiger partial charge in [-0.1, -0.05) is 23.7 Å². The van der Waals surface area contributed by atoms with Crippen molar-refractivity contribution in [2.45, 2.75) is 19.0 Å². The summed E-state index contributed by atoms with van der Waals surface area (Å²) >= 11 is 6.23. The largest absolute Gasteiger partial charge is 0.396 e. The fraction of sp³-hybridized carbons (Fsp3) is 0.471. The lowest BCUT2D eigenvalue weighted by Gasteiger charge is -2.39. The van der Waals surface area contributed by atoms with Crippen molar-refractivity contribution in [3.05, 3.63) is 47.2 Å². The number of hydrogen-bond donors (Lipinski definition) is 1. The Kier molecular flexibility index (Phi) is 5.33. The summed E-state index contributed by atoms with van der Waals surface area (Å²) in [4.78, 5) is 4.76. The Morgan fingerprint density at radius 1 is 1.30 bits per heavy atom. The van der Waals surface area contributed by atoms with Gasteiger partial charge in [0.25, 0.3) is 0 Å². The quantitative estimate of drug-likeness (QED) is 0.908. The summed E-state index contributed by atoms with van der Waals surface area (Å²) in [5.74, 6) is 0. The lowest BCUT2D eigenvalue weighted by molar-refractivity contribution is 0.0743. The Hall–Kier alpha value is -1.40. The first kappa shape index (κ1) is 16.5. The second-order valence-electron chi connectivity index (χ2n) is 6.13. The van der Waals surface area contributed by atoms with Gasteiger partial charge in [0.15, 0.2) is 0 Å². The molecule has 1 N–H and O–H groups in total. The third kappa shape index (κ3) is 3.93. The van der Waals surface area contributed by atoms with E-state index in [1.54, 1.807) is 0 Å². The van der Waals surface area contributed by atoms with Gasteiger partial charge in [0.2, 0.25) is 0 Å². The van der Waals surface area contributed by atoms with Crippen LogP contribution in [-0.2, 0) is 6.54 Å². The zero-order valence-electron chi connectivity index (χ0n) is 13.4. The van der Waals surface area contributed by atoms with Crippen molar-refractivity contribution in [2.24, 2.45) is 0 Å². The van der Waals surface area contributed by atoms with Crippen molar-refractivity contribution in [2.75, 3.05) is 33.3 Å². The van der Waals surface area contributed by atoms with Crippen molar-refractivity contribution in [1.29, 1.82) is 0 Å². The van der Waals surface area contributed by atoms with Crippen LogP contribution in [0.25, 0.3) is 5.69 Å². The zero-order valence-corrected chi connectivity index (χ0v) is 14.2. The van der Waals surface area contributed by atoms with E-state index >= 15 is 0 Å². The SMILES string of the molecule is CN1CCN(Cc2cnn(-c3ccccc3Cl)c2)C[C@H]1CCO. The smallest absolute Gasteiger partial charge is 0.0831 e. The molecule has 0 radical (unpaired) electrons. The second kappa shape index (κ2) is 7.45. The normalized spacial score (nSPS) is 20.0. The maximum atomic E-state index is 9.20. The van der Waals surface area contributed by atoms with E-state index in [0.29, 0.717) is 11.1 Å². The minimum Gasteiger partial charge on any atom is -0.396 e. The second-order valence-corrected chi connectivity index (χ2v) is 6.53. The highest BCUT2D eigenvalue weighted by Gasteiger charge is 2.24. The molecule has 2 heterocycles. The molecule has 0 spiro atoms. The van der Waals surface area contributed by atoms with Crippen molar-refractivity contribution < 1.29 is 5.11 Å². The first-order chi connectivity index (χ1) is 11.2. The van der Waals surface area contributed by atoms with Gasteiger partial charge in [0, 0.05) is 50.6 Å². The predicted octanol–water partition coefficient (Wildman–Crippen LogP) is 2.02. The van der Waals surface area contributed by atoms with E-state index in [4.69, 9.17) is 11.6 Å². The zero-order chi connectivity index (χ0) is 16.2. The Balaban J connectivity index is 1.66. The average Bonchev–Trinajstić information content (AvgIpc) is 2.99. The summed E-state index contributed by atoms with van der Waals surface area (Å²) in [7, 11) is 2.13. The van der Waals surface area contributed by atoms with Gasteiger partial charge in [-0.2, -0.15) is 5.10 Å². The topological polar surface area (TPSA) is 44.5 Å². The van der Waals surface area contributed by atoms with E-state index in [-0.39, 0.29) is 6.61 Å². The highest BCUT2D eigenvalue weighted by molar-refractivity contribution is 6.32. The Bertz CT molecular complexity index is 645. The molecular formula is C17H23ClN4O. The summed E-state index contributed by atoms with van der Waals surface area (Å²) in [6, 6.07) is 8.14. The number of aliphatic hydroxyl groups is 1. The molecule has 1 atom stereocenters. The van der Waals surface area contributed by atoms with Gasteiger partial charge in [-0.25, -0.2) is 4.68 Å². The summed E-state index contributed by atoms with van der Waals surface area (Å²) in [6.07, 6.45) is 4.77. The molecule has 1 aliphatic heterocycles. The molecule has 0 saturated carbocycles. The van der Waals surface area contributed by atoms with Crippen LogP contribution in [0.3, 0.4) is 0 Å². The maximum absolute atomic E-state index is 9.20. The van der Waals surface area contributed by atoms with Crippen LogP contribution in [0.2, 0.25) is 5.02 Å². The number of aromatic nitrogens is 2. The van der Waals surface area contributed by atoms with Crippen molar-refractivity contribution >= 4 is 11.6 Å². The van der Waals surface area contributed by atoms with E-state index < -0.39 is 0 Å². The molecule has 1 saturated heterocycles. The fourth-order valence-corrected chi connectivity index (χ4v) is 3.31. The Labute approximate surface area is 142 Å². The molecule has 0 bridgehead atoms.